The number of rotatable bonds is 2. The van der Waals surface area contributed by atoms with E-state index < -0.39 is 0 Å². The Morgan fingerprint density at radius 3 is 2.50 bits per heavy atom. The number of nitriles is 2. The van der Waals surface area contributed by atoms with Crippen molar-refractivity contribution in [2.75, 3.05) is 12.4 Å². The Kier molecular flexibility index (Phi) is 2.83. The van der Waals surface area contributed by atoms with Crippen LogP contribution in [0.3, 0.4) is 0 Å². The molecule has 0 unspecified atom stereocenters. The molecule has 0 aromatic heterocycles. The van der Waals surface area contributed by atoms with Gasteiger partial charge in [0.1, 0.15) is 11.8 Å². The van der Waals surface area contributed by atoms with E-state index >= 15 is 0 Å². The molecule has 0 spiro atoms. The average molecular weight is 184 g/mol. The molecule has 0 atom stereocenters. The third-order valence-corrected chi connectivity index (χ3v) is 1.79. The van der Waals surface area contributed by atoms with E-state index in [9.17, 15) is 0 Å². The molecule has 1 rings (SSSR count). The Morgan fingerprint density at radius 2 is 2.07 bits per heavy atom. The lowest BCUT2D eigenvalue weighted by Crippen LogP contribution is -1.92. The van der Waals surface area contributed by atoms with E-state index in [4.69, 9.17) is 10.5 Å². The first-order valence-corrected chi connectivity index (χ1v) is 3.89. The standard InChI is InChI=1S/C10H8N4/c1-13-9-4-7(5-11)3-8(6-12)10(9)14-2/h3-4,13H,2H2,1H3. The number of hydrogen-bond acceptors (Lipinski definition) is 4. The van der Waals surface area contributed by atoms with E-state index in [1.807, 2.05) is 12.1 Å². The van der Waals surface area contributed by atoms with Gasteiger partial charge >= 0.3 is 0 Å². The largest absolute Gasteiger partial charge is 0.386 e. The summed E-state index contributed by atoms with van der Waals surface area (Å²) in [5, 5.41) is 20.4. The van der Waals surface area contributed by atoms with Gasteiger partial charge < -0.3 is 5.32 Å². The molecule has 0 fully saturated rings. The van der Waals surface area contributed by atoms with E-state index in [1.54, 1.807) is 13.1 Å². The number of anilines is 1. The maximum absolute atomic E-state index is 8.81. The molecule has 0 heterocycles. The second-order valence-electron chi connectivity index (χ2n) is 2.55. The summed E-state index contributed by atoms with van der Waals surface area (Å²) in [6.07, 6.45) is 0. The van der Waals surface area contributed by atoms with Crippen LogP contribution in [0.1, 0.15) is 11.1 Å². The quantitative estimate of drug-likeness (QED) is 0.712. The fourth-order valence-electron chi connectivity index (χ4n) is 1.15. The summed E-state index contributed by atoms with van der Waals surface area (Å²) in [5.74, 6) is 0. The Morgan fingerprint density at radius 1 is 1.36 bits per heavy atom. The molecular formula is C10H8N4. The lowest BCUT2D eigenvalue weighted by Gasteiger charge is -2.06. The van der Waals surface area contributed by atoms with Crippen molar-refractivity contribution in [3.63, 3.8) is 0 Å². The zero-order chi connectivity index (χ0) is 10.6. The van der Waals surface area contributed by atoms with E-state index in [0.29, 0.717) is 22.5 Å². The van der Waals surface area contributed by atoms with Gasteiger partial charge in [0.25, 0.3) is 0 Å². The molecule has 0 saturated carbocycles. The fourth-order valence-corrected chi connectivity index (χ4v) is 1.15. The summed E-state index contributed by atoms with van der Waals surface area (Å²) in [5.41, 5.74) is 1.89. The summed E-state index contributed by atoms with van der Waals surface area (Å²) >= 11 is 0. The van der Waals surface area contributed by atoms with Gasteiger partial charge in [-0.25, -0.2) is 0 Å². The van der Waals surface area contributed by atoms with Gasteiger partial charge in [0.15, 0.2) is 0 Å². The summed E-state index contributed by atoms with van der Waals surface area (Å²) in [6, 6.07) is 7.07. The Labute approximate surface area is 82.1 Å². The Hall–Kier alpha value is -2.33. The zero-order valence-electron chi connectivity index (χ0n) is 7.70. The lowest BCUT2D eigenvalue weighted by atomic mass is 10.1. The smallest absolute Gasteiger partial charge is 0.103 e. The van der Waals surface area contributed by atoms with Crippen LogP contribution in [0.25, 0.3) is 0 Å². The van der Waals surface area contributed by atoms with Crippen molar-refractivity contribution in [1.82, 2.24) is 0 Å². The molecule has 4 heteroatoms. The van der Waals surface area contributed by atoms with Gasteiger partial charge in [-0.1, -0.05) is 0 Å². The van der Waals surface area contributed by atoms with Gasteiger partial charge in [-0.15, -0.1) is 0 Å². The highest BCUT2D eigenvalue weighted by molar-refractivity contribution is 5.76. The third-order valence-electron chi connectivity index (χ3n) is 1.79. The van der Waals surface area contributed by atoms with Crippen LogP contribution >= 0.6 is 0 Å². The number of benzene rings is 1. The number of nitrogens with zero attached hydrogens (tertiary/aromatic N) is 3. The molecule has 0 bridgehead atoms. The molecule has 1 N–H and O–H groups in total. The van der Waals surface area contributed by atoms with E-state index in [1.165, 1.54) is 6.07 Å². The second kappa shape index (κ2) is 4.06. The normalized spacial score (nSPS) is 8.50. The predicted octanol–water partition coefficient (Wildman–Crippen LogP) is 1.80. The highest BCUT2D eigenvalue weighted by Gasteiger charge is 2.07. The van der Waals surface area contributed by atoms with Crippen molar-refractivity contribution < 1.29 is 0 Å². The number of nitrogens with one attached hydrogen (secondary N) is 1. The van der Waals surface area contributed by atoms with Crippen LogP contribution in [0.5, 0.6) is 0 Å². The van der Waals surface area contributed by atoms with E-state index in [0.717, 1.165) is 0 Å². The number of hydrogen-bond donors (Lipinski definition) is 1. The SMILES string of the molecule is C=Nc1c(C#N)cc(C#N)cc1NC. The lowest BCUT2D eigenvalue weighted by molar-refractivity contribution is 1.39. The van der Waals surface area contributed by atoms with Crippen molar-refractivity contribution in [1.29, 1.82) is 10.5 Å². The predicted molar refractivity (Wildman–Crippen MR) is 54.6 cm³/mol. The maximum atomic E-state index is 8.81. The second-order valence-corrected chi connectivity index (χ2v) is 2.55. The topological polar surface area (TPSA) is 72.0 Å². The molecule has 1 aromatic carbocycles. The molecule has 0 saturated heterocycles. The van der Waals surface area contributed by atoms with Gasteiger partial charge in [0, 0.05) is 7.05 Å². The highest BCUT2D eigenvalue weighted by atomic mass is 14.9. The first-order valence-electron chi connectivity index (χ1n) is 3.89. The summed E-state index contributed by atoms with van der Waals surface area (Å²) in [7, 11) is 1.70. The van der Waals surface area contributed by atoms with Crippen molar-refractivity contribution in [3.8, 4) is 12.1 Å². The van der Waals surface area contributed by atoms with Crippen molar-refractivity contribution in [2.45, 2.75) is 0 Å². The summed E-state index contributed by atoms with van der Waals surface area (Å²) in [6.45, 7) is 3.38. The fraction of sp³-hybridized carbons (Fsp3) is 0.100. The van der Waals surface area contributed by atoms with Crippen LogP contribution in [0.4, 0.5) is 11.4 Å². The minimum Gasteiger partial charge on any atom is -0.386 e. The van der Waals surface area contributed by atoms with E-state index in [2.05, 4.69) is 17.0 Å². The van der Waals surface area contributed by atoms with Crippen LogP contribution in [-0.2, 0) is 0 Å². The third kappa shape index (κ3) is 1.55. The van der Waals surface area contributed by atoms with Gasteiger partial charge in [0.05, 0.1) is 22.9 Å². The molecular weight excluding hydrogens is 176 g/mol. The monoisotopic (exact) mass is 184 g/mol. The molecule has 68 valence electrons. The van der Waals surface area contributed by atoms with Gasteiger partial charge in [-0.3, -0.25) is 4.99 Å². The van der Waals surface area contributed by atoms with Crippen LogP contribution in [-0.4, -0.2) is 13.8 Å². The van der Waals surface area contributed by atoms with Crippen LogP contribution in [0.15, 0.2) is 17.1 Å². The highest BCUT2D eigenvalue weighted by Crippen LogP contribution is 2.29. The van der Waals surface area contributed by atoms with Crippen LogP contribution < -0.4 is 5.32 Å². The van der Waals surface area contributed by atoms with Crippen LogP contribution in [0, 0.1) is 22.7 Å². The minimum atomic E-state index is 0.350. The summed E-state index contributed by atoms with van der Waals surface area (Å²) in [4.78, 5) is 3.74. The Bertz CT molecular complexity index is 448. The number of aliphatic imine (C=N–C) groups is 1. The van der Waals surface area contributed by atoms with Gasteiger partial charge in [-0.05, 0) is 18.9 Å². The molecule has 1 aromatic rings. The maximum Gasteiger partial charge on any atom is 0.103 e. The average Bonchev–Trinajstić information content (AvgIpc) is 2.26. The van der Waals surface area contributed by atoms with Gasteiger partial charge in [-0.2, -0.15) is 10.5 Å². The molecule has 0 aliphatic heterocycles. The first kappa shape index (κ1) is 9.76. The molecule has 4 nitrogen and oxygen atoms in total. The van der Waals surface area contributed by atoms with Crippen LogP contribution in [0.2, 0.25) is 0 Å². The van der Waals surface area contributed by atoms with Gasteiger partial charge in [0.2, 0.25) is 0 Å². The first-order chi connectivity index (χ1) is 6.76. The molecule has 0 aliphatic carbocycles. The molecule has 14 heavy (non-hydrogen) atoms. The summed E-state index contributed by atoms with van der Waals surface area (Å²) < 4.78 is 0. The zero-order valence-corrected chi connectivity index (χ0v) is 7.70. The Balaban J connectivity index is 3.51. The van der Waals surface area contributed by atoms with E-state index in [-0.39, 0.29) is 0 Å². The van der Waals surface area contributed by atoms with Crippen molar-refractivity contribution >= 4 is 18.1 Å². The minimum absolute atomic E-state index is 0.350. The molecule has 0 radical (unpaired) electrons. The van der Waals surface area contributed by atoms with Crippen molar-refractivity contribution in [3.05, 3.63) is 23.3 Å². The molecule has 0 amide bonds. The molecule has 0 aliphatic rings. The van der Waals surface area contributed by atoms with Crippen molar-refractivity contribution in [2.24, 2.45) is 4.99 Å².